The third-order valence-electron chi connectivity index (χ3n) is 5.35. The van der Waals surface area contributed by atoms with Crippen LogP contribution in [-0.2, 0) is 4.74 Å². The van der Waals surface area contributed by atoms with E-state index in [1.54, 1.807) is 0 Å². The van der Waals surface area contributed by atoms with Crippen molar-refractivity contribution in [2.75, 3.05) is 39.3 Å². The van der Waals surface area contributed by atoms with Crippen LogP contribution in [0.25, 0.3) is 0 Å². The van der Waals surface area contributed by atoms with Gasteiger partial charge in [0.2, 0.25) is 0 Å². The molecule has 0 bridgehead atoms. The predicted octanol–water partition coefficient (Wildman–Crippen LogP) is 2.85. The molecule has 2 aliphatic heterocycles. The van der Waals surface area contributed by atoms with Gasteiger partial charge in [-0.15, -0.1) is 0 Å². The van der Waals surface area contributed by atoms with Crippen LogP contribution in [-0.4, -0.2) is 55.8 Å². The number of aliphatic imine (C=N–C) groups is 1. The van der Waals surface area contributed by atoms with Crippen LogP contribution in [0.5, 0.6) is 0 Å². The zero-order valence-electron chi connectivity index (χ0n) is 16.5. The summed E-state index contributed by atoms with van der Waals surface area (Å²) in [6, 6.07) is 4.40. The highest BCUT2D eigenvalue weighted by atomic mass is 16.5. The second-order valence-corrected chi connectivity index (χ2v) is 7.69. The molecule has 2 saturated heterocycles. The Morgan fingerprint density at radius 3 is 2.69 bits per heavy atom. The lowest BCUT2D eigenvalue weighted by Gasteiger charge is -2.27. The SMILES string of the molecule is CCNC(=NCC1(C)CCCO1)NCC(c1ccc(C)o1)N1CCCC1. The number of nitrogens with zero attached hydrogens (tertiary/aromatic N) is 2. The van der Waals surface area contributed by atoms with E-state index < -0.39 is 0 Å². The molecule has 0 spiro atoms. The molecule has 26 heavy (non-hydrogen) atoms. The van der Waals surface area contributed by atoms with Gasteiger partial charge in [-0.05, 0) is 71.7 Å². The number of likely N-dealkylation sites (tertiary alicyclic amines) is 1. The first kappa shape index (κ1) is 19.2. The van der Waals surface area contributed by atoms with Crippen molar-refractivity contribution in [1.29, 1.82) is 0 Å². The summed E-state index contributed by atoms with van der Waals surface area (Å²) in [6.45, 7) is 11.7. The van der Waals surface area contributed by atoms with E-state index in [9.17, 15) is 0 Å². The maximum Gasteiger partial charge on any atom is 0.191 e. The molecule has 1 aromatic rings. The van der Waals surface area contributed by atoms with E-state index >= 15 is 0 Å². The zero-order chi connectivity index (χ0) is 18.4. The minimum absolute atomic E-state index is 0.116. The van der Waals surface area contributed by atoms with Gasteiger partial charge in [0.25, 0.3) is 0 Å². The summed E-state index contributed by atoms with van der Waals surface area (Å²) in [7, 11) is 0. The van der Waals surface area contributed by atoms with Gasteiger partial charge in [0, 0.05) is 19.7 Å². The van der Waals surface area contributed by atoms with Gasteiger partial charge in [0.1, 0.15) is 11.5 Å². The molecule has 3 heterocycles. The quantitative estimate of drug-likeness (QED) is 0.577. The van der Waals surface area contributed by atoms with Crippen molar-refractivity contribution in [3.63, 3.8) is 0 Å². The molecule has 2 atom stereocenters. The maximum atomic E-state index is 5.95. The molecule has 2 fully saturated rings. The Balaban J connectivity index is 1.64. The first-order valence-corrected chi connectivity index (χ1v) is 10.1. The van der Waals surface area contributed by atoms with Gasteiger partial charge in [-0.3, -0.25) is 9.89 Å². The Bertz CT molecular complexity index is 586. The van der Waals surface area contributed by atoms with Gasteiger partial charge in [-0.25, -0.2) is 0 Å². The van der Waals surface area contributed by atoms with Crippen molar-refractivity contribution in [2.45, 2.75) is 58.1 Å². The second kappa shape index (κ2) is 8.91. The second-order valence-electron chi connectivity index (χ2n) is 7.69. The van der Waals surface area contributed by atoms with Gasteiger partial charge in [0.15, 0.2) is 5.96 Å². The third-order valence-corrected chi connectivity index (χ3v) is 5.35. The van der Waals surface area contributed by atoms with Crippen molar-refractivity contribution in [3.8, 4) is 0 Å². The number of hydrogen-bond acceptors (Lipinski definition) is 4. The summed E-state index contributed by atoms with van der Waals surface area (Å²) in [6.07, 6.45) is 4.74. The Morgan fingerprint density at radius 2 is 2.08 bits per heavy atom. The molecule has 0 aliphatic carbocycles. The smallest absolute Gasteiger partial charge is 0.191 e. The standard InChI is InChI=1S/C20H34N4O2/c1-4-21-19(23-15-20(3)10-7-13-25-20)22-14-17(24-11-5-6-12-24)18-9-8-16(2)26-18/h8-9,17H,4-7,10-15H2,1-3H3,(H2,21,22,23). The zero-order valence-corrected chi connectivity index (χ0v) is 16.5. The number of aryl methyl sites for hydroxylation is 1. The Morgan fingerprint density at radius 1 is 1.27 bits per heavy atom. The van der Waals surface area contributed by atoms with E-state index in [0.717, 1.165) is 63.1 Å². The van der Waals surface area contributed by atoms with Crippen LogP contribution in [0.2, 0.25) is 0 Å². The lowest BCUT2D eigenvalue weighted by molar-refractivity contribution is 0.0283. The lowest BCUT2D eigenvalue weighted by Crippen LogP contribution is -2.43. The van der Waals surface area contributed by atoms with E-state index in [2.05, 4.69) is 41.5 Å². The van der Waals surface area contributed by atoms with E-state index in [1.807, 2.05) is 6.92 Å². The molecule has 0 amide bonds. The molecule has 146 valence electrons. The highest BCUT2D eigenvalue weighted by Crippen LogP contribution is 2.27. The van der Waals surface area contributed by atoms with Crippen molar-refractivity contribution >= 4 is 5.96 Å². The fourth-order valence-corrected chi connectivity index (χ4v) is 3.84. The molecule has 0 aromatic carbocycles. The minimum atomic E-state index is -0.116. The van der Waals surface area contributed by atoms with Gasteiger partial charge in [0.05, 0.1) is 18.2 Å². The van der Waals surface area contributed by atoms with Gasteiger partial charge >= 0.3 is 0 Å². The molecule has 2 unspecified atom stereocenters. The number of furan rings is 1. The molecule has 0 saturated carbocycles. The van der Waals surface area contributed by atoms with Crippen LogP contribution < -0.4 is 10.6 Å². The van der Waals surface area contributed by atoms with Crippen molar-refractivity contribution in [1.82, 2.24) is 15.5 Å². The Labute approximate surface area is 157 Å². The number of hydrogen-bond donors (Lipinski definition) is 2. The first-order valence-electron chi connectivity index (χ1n) is 10.1. The summed E-state index contributed by atoms with van der Waals surface area (Å²) in [5.41, 5.74) is -0.116. The summed E-state index contributed by atoms with van der Waals surface area (Å²) in [5, 5.41) is 6.89. The molecule has 0 radical (unpaired) electrons. The van der Waals surface area contributed by atoms with E-state index in [0.29, 0.717) is 6.54 Å². The predicted molar refractivity (Wildman–Crippen MR) is 105 cm³/mol. The van der Waals surface area contributed by atoms with Gasteiger partial charge in [-0.2, -0.15) is 0 Å². The average Bonchev–Trinajstić information content (AvgIpc) is 3.36. The van der Waals surface area contributed by atoms with Gasteiger partial charge in [-0.1, -0.05) is 0 Å². The number of ether oxygens (including phenoxy) is 1. The van der Waals surface area contributed by atoms with E-state index in [-0.39, 0.29) is 11.6 Å². The molecule has 6 nitrogen and oxygen atoms in total. The van der Waals surface area contributed by atoms with Crippen LogP contribution in [0, 0.1) is 6.92 Å². The van der Waals surface area contributed by atoms with Gasteiger partial charge < -0.3 is 19.8 Å². The third kappa shape index (κ3) is 5.01. The normalized spacial score (nSPS) is 25.6. The summed E-state index contributed by atoms with van der Waals surface area (Å²) in [5.74, 6) is 2.87. The molecule has 6 heteroatoms. The van der Waals surface area contributed by atoms with Crippen molar-refractivity contribution in [3.05, 3.63) is 23.7 Å². The lowest BCUT2D eigenvalue weighted by atomic mass is 10.0. The number of guanidine groups is 1. The molecule has 2 N–H and O–H groups in total. The molecule has 1 aromatic heterocycles. The topological polar surface area (TPSA) is 62.0 Å². The van der Waals surface area contributed by atoms with Crippen LogP contribution in [0.4, 0.5) is 0 Å². The first-order chi connectivity index (χ1) is 12.6. The highest BCUT2D eigenvalue weighted by molar-refractivity contribution is 5.79. The van der Waals surface area contributed by atoms with Crippen LogP contribution in [0.15, 0.2) is 21.5 Å². The minimum Gasteiger partial charge on any atom is -0.465 e. The molecular weight excluding hydrogens is 328 g/mol. The fourth-order valence-electron chi connectivity index (χ4n) is 3.84. The van der Waals surface area contributed by atoms with E-state index in [1.165, 1.54) is 12.8 Å². The Hall–Kier alpha value is -1.53. The summed E-state index contributed by atoms with van der Waals surface area (Å²) in [4.78, 5) is 7.30. The number of nitrogens with one attached hydrogen (secondary N) is 2. The molecule has 2 aliphatic rings. The Kier molecular flexibility index (Phi) is 6.59. The summed E-state index contributed by atoms with van der Waals surface area (Å²) >= 11 is 0. The fraction of sp³-hybridized carbons (Fsp3) is 0.750. The van der Waals surface area contributed by atoms with Crippen LogP contribution in [0.1, 0.15) is 57.1 Å². The highest BCUT2D eigenvalue weighted by Gasteiger charge is 2.30. The van der Waals surface area contributed by atoms with Crippen molar-refractivity contribution in [2.24, 2.45) is 4.99 Å². The van der Waals surface area contributed by atoms with Crippen LogP contribution in [0.3, 0.4) is 0 Å². The van der Waals surface area contributed by atoms with E-state index in [4.69, 9.17) is 14.1 Å². The largest absolute Gasteiger partial charge is 0.465 e. The average molecular weight is 363 g/mol. The maximum absolute atomic E-state index is 5.95. The molecule has 3 rings (SSSR count). The monoisotopic (exact) mass is 362 g/mol. The molecular formula is C20H34N4O2. The van der Waals surface area contributed by atoms with Crippen LogP contribution >= 0.6 is 0 Å². The number of rotatable bonds is 7. The summed E-state index contributed by atoms with van der Waals surface area (Å²) < 4.78 is 11.8. The van der Waals surface area contributed by atoms with Crippen molar-refractivity contribution < 1.29 is 9.15 Å².